The number of aryl methyl sites for hydroxylation is 2. The van der Waals surface area contributed by atoms with E-state index in [1.165, 1.54) is 5.56 Å². The second kappa shape index (κ2) is 10.8. The summed E-state index contributed by atoms with van der Waals surface area (Å²) in [5, 5.41) is 13.9. The highest BCUT2D eigenvalue weighted by molar-refractivity contribution is 5.83. The number of nitrogens with zero attached hydrogens (tertiary/aromatic N) is 6. The molecule has 2 fully saturated rings. The molecule has 9 heteroatoms. The van der Waals surface area contributed by atoms with Crippen molar-refractivity contribution < 1.29 is 4.74 Å². The first-order valence-corrected chi connectivity index (χ1v) is 13.6. The van der Waals surface area contributed by atoms with E-state index in [9.17, 15) is 4.79 Å². The number of fused-ring (bicyclic) bond motifs is 1. The molecule has 0 unspecified atom stereocenters. The predicted octanol–water partition coefficient (Wildman–Crippen LogP) is 3.22. The Bertz CT molecular complexity index is 1450. The van der Waals surface area contributed by atoms with Crippen molar-refractivity contribution in [1.82, 2.24) is 35.0 Å². The van der Waals surface area contributed by atoms with Gasteiger partial charge in [-0.2, -0.15) is 0 Å². The van der Waals surface area contributed by atoms with Crippen molar-refractivity contribution in [3.63, 3.8) is 0 Å². The summed E-state index contributed by atoms with van der Waals surface area (Å²) in [6.45, 7) is 9.87. The summed E-state index contributed by atoms with van der Waals surface area (Å²) in [5.74, 6) is 0.701. The van der Waals surface area contributed by atoms with Crippen LogP contribution in [0.2, 0.25) is 0 Å². The molecule has 2 aliphatic heterocycles. The third-order valence-electron chi connectivity index (χ3n) is 7.86. The van der Waals surface area contributed by atoms with Gasteiger partial charge in [0, 0.05) is 55.8 Å². The van der Waals surface area contributed by atoms with Gasteiger partial charge in [-0.3, -0.25) is 14.6 Å². The van der Waals surface area contributed by atoms with E-state index in [1.54, 1.807) is 0 Å². The molecule has 0 aliphatic carbocycles. The molecule has 6 rings (SSSR count). The number of hydrogen-bond acceptors (Lipinski definition) is 7. The lowest BCUT2D eigenvalue weighted by molar-refractivity contribution is 0.0840. The molecule has 2 aromatic heterocycles. The summed E-state index contributed by atoms with van der Waals surface area (Å²) < 4.78 is 7.74. The normalized spacial score (nSPS) is 19.8. The molecule has 1 N–H and O–H groups in total. The fourth-order valence-corrected chi connectivity index (χ4v) is 5.93. The van der Waals surface area contributed by atoms with E-state index in [0.29, 0.717) is 17.9 Å². The van der Waals surface area contributed by atoms with Crippen LogP contribution in [0.5, 0.6) is 0 Å². The quantitative estimate of drug-likeness (QED) is 0.406. The van der Waals surface area contributed by atoms with Crippen molar-refractivity contribution >= 4 is 10.9 Å². The van der Waals surface area contributed by atoms with Crippen molar-refractivity contribution in [2.45, 2.75) is 51.9 Å². The number of benzene rings is 2. The molecule has 198 valence electrons. The fourth-order valence-electron chi connectivity index (χ4n) is 5.93. The van der Waals surface area contributed by atoms with E-state index in [4.69, 9.17) is 4.74 Å². The van der Waals surface area contributed by atoms with Crippen LogP contribution in [0.15, 0.2) is 53.3 Å². The fraction of sp³-hybridized carbons (Fsp3) is 0.448. The summed E-state index contributed by atoms with van der Waals surface area (Å²) in [5.41, 5.74) is 5.04. The molecule has 4 aromatic rings. The summed E-state index contributed by atoms with van der Waals surface area (Å²) in [7, 11) is 0. The Hall–Kier alpha value is -3.40. The molecule has 2 aliphatic rings. The van der Waals surface area contributed by atoms with Gasteiger partial charge in [0.05, 0.1) is 12.6 Å². The molecule has 2 atom stereocenters. The molecule has 0 saturated carbocycles. The molecule has 0 spiro atoms. The molecule has 0 radical (unpaired) electrons. The minimum atomic E-state index is -0.348. The minimum absolute atomic E-state index is 0.0918. The molecule has 0 bridgehead atoms. The number of nitrogens with one attached hydrogen (secondary N) is 1. The molecule has 2 aromatic carbocycles. The van der Waals surface area contributed by atoms with E-state index >= 15 is 0 Å². The Morgan fingerprint density at radius 2 is 1.89 bits per heavy atom. The maximum atomic E-state index is 13.6. The largest absolute Gasteiger partial charge is 0.376 e. The molecule has 9 nitrogen and oxygen atoms in total. The summed E-state index contributed by atoms with van der Waals surface area (Å²) in [4.78, 5) is 21.6. The van der Waals surface area contributed by atoms with Gasteiger partial charge in [-0.1, -0.05) is 36.4 Å². The first-order chi connectivity index (χ1) is 18.5. The number of hydrogen-bond donors (Lipinski definition) is 1. The van der Waals surface area contributed by atoms with Crippen molar-refractivity contribution in [2.75, 3.05) is 32.8 Å². The number of aromatic amines is 1. The Kier molecular flexibility index (Phi) is 7.06. The standard InChI is InChI=1S/C29H35N7O2/c1-20-15-21(2)24-17-25(29(37)30-26(24)16-20)27(28-31-32-33-36(28)19-23-9-6-14-38-23)35-12-10-34(11-13-35)18-22-7-4-3-5-8-22/h3-5,7-8,15-17,23,27H,6,9-14,18-19H2,1-2H3,(H,30,37)/t23-,27-/m1/s1. The molecule has 2 saturated heterocycles. The highest BCUT2D eigenvalue weighted by Gasteiger charge is 2.33. The second-order valence-electron chi connectivity index (χ2n) is 10.7. The molecule has 38 heavy (non-hydrogen) atoms. The number of pyridine rings is 1. The van der Waals surface area contributed by atoms with Gasteiger partial charge in [0.1, 0.15) is 6.04 Å². The molecular formula is C29H35N7O2. The Labute approximate surface area is 222 Å². The van der Waals surface area contributed by atoms with Gasteiger partial charge in [0.25, 0.3) is 5.56 Å². The summed E-state index contributed by atoms with van der Waals surface area (Å²) >= 11 is 0. The highest BCUT2D eigenvalue weighted by Crippen LogP contribution is 2.30. The lowest BCUT2D eigenvalue weighted by Gasteiger charge is -2.38. The Morgan fingerprint density at radius 1 is 1.08 bits per heavy atom. The lowest BCUT2D eigenvalue weighted by atomic mass is 9.99. The second-order valence-corrected chi connectivity index (χ2v) is 10.7. The van der Waals surface area contributed by atoms with Crippen LogP contribution in [-0.4, -0.2) is 73.9 Å². The van der Waals surface area contributed by atoms with Crippen LogP contribution in [0.25, 0.3) is 10.9 Å². The van der Waals surface area contributed by atoms with Crippen molar-refractivity contribution in [3.05, 3.63) is 87.0 Å². The van der Waals surface area contributed by atoms with Gasteiger partial charge < -0.3 is 9.72 Å². The first kappa shape index (κ1) is 24.9. The van der Waals surface area contributed by atoms with Crippen molar-refractivity contribution in [3.8, 4) is 0 Å². The summed E-state index contributed by atoms with van der Waals surface area (Å²) in [6.07, 6.45) is 2.15. The summed E-state index contributed by atoms with van der Waals surface area (Å²) in [6, 6.07) is 16.5. The van der Waals surface area contributed by atoms with Gasteiger partial charge in [-0.05, 0) is 65.9 Å². The third kappa shape index (κ3) is 5.14. The average Bonchev–Trinajstić information content (AvgIpc) is 3.59. The predicted molar refractivity (Wildman–Crippen MR) is 146 cm³/mol. The van der Waals surface area contributed by atoms with Crippen LogP contribution < -0.4 is 5.56 Å². The maximum Gasteiger partial charge on any atom is 0.253 e. The van der Waals surface area contributed by atoms with Gasteiger partial charge in [-0.25, -0.2) is 4.68 Å². The molecule has 4 heterocycles. The Balaban J connectivity index is 1.34. The average molecular weight is 514 g/mol. The number of tetrazole rings is 1. The van der Waals surface area contributed by atoms with Gasteiger partial charge in [0.15, 0.2) is 5.82 Å². The van der Waals surface area contributed by atoms with Crippen molar-refractivity contribution in [2.24, 2.45) is 0 Å². The SMILES string of the molecule is Cc1cc(C)c2cc([C@H](c3nnnn3C[C@H]3CCCO3)N3CCN(Cc4ccccc4)CC3)c(=O)[nH]c2c1. The zero-order valence-corrected chi connectivity index (χ0v) is 22.1. The number of piperazine rings is 1. The first-order valence-electron chi connectivity index (χ1n) is 13.6. The van der Waals surface area contributed by atoms with Gasteiger partial charge in [0.2, 0.25) is 0 Å². The number of ether oxygens (including phenoxy) is 1. The van der Waals surface area contributed by atoms with Crippen LogP contribution >= 0.6 is 0 Å². The van der Waals surface area contributed by atoms with Crippen LogP contribution in [0, 0.1) is 13.8 Å². The van der Waals surface area contributed by atoms with Crippen LogP contribution in [-0.2, 0) is 17.8 Å². The van der Waals surface area contributed by atoms with Crippen LogP contribution in [0.4, 0.5) is 0 Å². The Morgan fingerprint density at radius 3 is 2.66 bits per heavy atom. The number of rotatable bonds is 7. The van der Waals surface area contributed by atoms with Crippen LogP contribution in [0.3, 0.4) is 0 Å². The van der Waals surface area contributed by atoms with E-state index in [-0.39, 0.29) is 17.7 Å². The highest BCUT2D eigenvalue weighted by atomic mass is 16.5. The smallest absolute Gasteiger partial charge is 0.253 e. The van der Waals surface area contributed by atoms with Crippen molar-refractivity contribution in [1.29, 1.82) is 0 Å². The molecule has 0 amide bonds. The number of H-pyrrole nitrogens is 1. The van der Waals surface area contributed by atoms with E-state index in [2.05, 4.69) is 86.6 Å². The monoisotopic (exact) mass is 513 g/mol. The lowest BCUT2D eigenvalue weighted by Crippen LogP contribution is -2.48. The van der Waals surface area contributed by atoms with E-state index in [0.717, 1.165) is 74.2 Å². The molecular weight excluding hydrogens is 478 g/mol. The third-order valence-corrected chi connectivity index (χ3v) is 7.86. The zero-order chi connectivity index (χ0) is 26.1. The van der Waals surface area contributed by atoms with Crippen LogP contribution in [0.1, 0.15) is 47.0 Å². The maximum absolute atomic E-state index is 13.6. The van der Waals surface area contributed by atoms with Gasteiger partial charge in [-0.15, -0.1) is 5.10 Å². The topological polar surface area (TPSA) is 92.2 Å². The minimum Gasteiger partial charge on any atom is -0.376 e. The van der Waals surface area contributed by atoms with E-state index < -0.39 is 0 Å². The van der Waals surface area contributed by atoms with E-state index in [1.807, 2.05) is 10.7 Å². The van der Waals surface area contributed by atoms with Gasteiger partial charge >= 0.3 is 0 Å². The zero-order valence-electron chi connectivity index (χ0n) is 22.1. The number of aromatic nitrogens is 5.